The first kappa shape index (κ1) is 14.1. The lowest BCUT2D eigenvalue weighted by atomic mass is 10.1. The first-order valence-corrected chi connectivity index (χ1v) is 6.49. The highest BCUT2D eigenvalue weighted by Gasteiger charge is 2.11. The average molecular weight is 294 g/mol. The van der Waals surface area contributed by atoms with Gasteiger partial charge < -0.3 is 16.6 Å². The number of halogens is 1. The molecule has 1 heterocycles. The van der Waals surface area contributed by atoms with E-state index in [0.717, 1.165) is 6.07 Å². The van der Waals surface area contributed by atoms with Crippen LogP contribution in [0.2, 0.25) is 0 Å². The van der Waals surface area contributed by atoms with Crippen molar-refractivity contribution in [1.29, 1.82) is 0 Å². The Morgan fingerprint density at radius 3 is 2.50 bits per heavy atom. The molecule has 1 aromatic heterocycles. The number of nitrogens with two attached hydrogens (primary N) is 2. The molecular weight excluding hydrogens is 283 g/mol. The van der Waals surface area contributed by atoms with Gasteiger partial charge in [0.05, 0.1) is 5.56 Å². The molecular formula is C12H11FN4O2S. The van der Waals surface area contributed by atoms with Gasteiger partial charge in [0.15, 0.2) is 5.16 Å². The number of benzene rings is 1. The molecule has 0 radical (unpaired) electrons. The first-order chi connectivity index (χ1) is 9.45. The molecule has 2 rings (SSSR count). The summed E-state index contributed by atoms with van der Waals surface area (Å²) >= 11 is 1.23. The summed E-state index contributed by atoms with van der Waals surface area (Å²) in [7, 11) is 0. The summed E-state index contributed by atoms with van der Waals surface area (Å²) < 4.78 is 13.2. The smallest absolute Gasteiger partial charge is 0.338 e. The van der Waals surface area contributed by atoms with Crippen molar-refractivity contribution in [3.8, 4) is 0 Å². The van der Waals surface area contributed by atoms with Gasteiger partial charge in [0.1, 0.15) is 17.5 Å². The van der Waals surface area contributed by atoms with E-state index in [1.54, 1.807) is 0 Å². The molecule has 0 saturated carbocycles. The van der Waals surface area contributed by atoms with Gasteiger partial charge in [0, 0.05) is 11.8 Å². The minimum Gasteiger partial charge on any atom is -0.478 e. The van der Waals surface area contributed by atoms with Crippen LogP contribution in [0.4, 0.5) is 16.0 Å². The molecule has 20 heavy (non-hydrogen) atoms. The summed E-state index contributed by atoms with van der Waals surface area (Å²) in [6.07, 6.45) is 0. The van der Waals surface area contributed by atoms with Crippen molar-refractivity contribution in [2.45, 2.75) is 10.9 Å². The van der Waals surface area contributed by atoms with E-state index < -0.39 is 11.8 Å². The van der Waals surface area contributed by atoms with Crippen LogP contribution in [0.15, 0.2) is 29.4 Å². The molecule has 0 atom stereocenters. The third-order valence-electron chi connectivity index (χ3n) is 2.37. The number of nitrogens with zero attached hydrogens (tertiary/aromatic N) is 2. The van der Waals surface area contributed by atoms with E-state index in [2.05, 4.69) is 9.97 Å². The third kappa shape index (κ3) is 3.35. The lowest BCUT2D eigenvalue weighted by molar-refractivity contribution is 0.0692. The molecule has 0 bridgehead atoms. The summed E-state index contributed by atoms with van der Waals surface area (Å²) in [5.41, 5.74) is 11.4. The standard InChI is InChI=1S/C12H11FN4O2S/c13-8-2-1-6(3-7(8)11(18)19)5-20-12-16-9(14)4-10(15)17-12/h1-4H,5H2,(H,18,19)(H4,14,15,16,17). The van der Waals surface area contributed by atoms with Crippen LogP contribution in [0, 0.1) is 5.82 Å². The van der Waals surface area contributed by atoms with Crippen LogP contribution in [0.5, 0.6) is 0 Å². The molecule has 0 unspecified atom stereocenters. The number of hydrogen-bond acceptors (Lipinski definition) is 6. The quantitative estimate of drug-likeness (QED) is 0.581. The van der Waals surface area contributed by atoms with E-state index >= 15 is 0 Å². The highest BCUT2D eigenvalue weighted by atomic mass is 32.2. The number of anilines is 2. The van der Waals surface area contributed by atoms with Gasteiger partial charge >= 0.3 is 5.97 Å². The fraction of sp³-hybridized carbons (Fsp3) is 0.0833. The van der Waals surface area contributed by atoms with E-state index in [4.69, 9.17) is 16.6 Å². The molecule has 5 N–H and O–H groups in total. The van der Waals surface area contributed by atoms with Crippen molar-refractivity contribution in [2.75, 3.05) is 11.5 Å². The zero-order valence-electron chi connectivity index (χ0n) is 10.2. The zero-order chi connectivity index (χ0) is 14.7. The Bertz CT molecular complexity index is 646. The van der Waals surface area contributed by atoms with E-state index in [1.165, 1.54) is 30.0 Å². The Morgan fingerprint density at radius 1 is 1.25 bits per heavy atom. The van der Waals surface area contributed by atoms with Gasteiger partial charge in [-0.15, -0.1) is 0 Å². The van der Waals surface area contributed by atoms with Gasteiger partial charge in [-0.3, -0.25) is 0 Å². The van der Waals surface area contributed by atoms with Crippen LogP contribution < -0.4 is 11.5 Å². The van der Waals surface area contributed by atoms with Crippen LogP contribution in [0.3, 0.4) is 0 Å². The number of aromatic nitrogens is 2. The van der Waals surface area contributed by atoms with E-state index in [9.17, 15) is 9.18 Å². The number of carbonyl (C=O) groups is 1. The second-order valence-corrected chi connectivity index (χ2v) is 4.85. The minimum absolute atomic E-state index is 0.255. The molecule has 2 aromatic rings. The molecule has 0 aliphatic heterocycles. The van der Waals surface area contributed by atoms with E-state index in [1.807, 2.05) is 0 Å². The highest BCUT2D eigenvalue weighted by Crippen LogP contribution is 2.22. The second kappa shape index (κ2) is 5.74. The number of carboxylic acids is 1. The summed E-state index contributed by atoms with van der Waals surface area (Å²) in [6.45, 7) is 0. The number of hydrogen-bond donors (Lipinski definition) is 3. The van der Waals surface area contributed by atoms with Gasteiger partial charge in [0.2, 0.25) is 0 Å². The number of carboxylic acid groups (broad SMARTS) is 1. The monoisotopic (exact) mass is 294 g/mol. The van der Waals surface area contributed by atoms with Crippen LogP contribution in [-0.2, 0) is 5.75 Å². The predicted molar refractivity (Wildman–Crippen MR) is 73.8 cm³/mol. The van der Waals surface area contributed by atoms with Crippen molar-refractivity contribution in [3.63, 3.8) is 0 Å². The van der Waals surface area contributed by atoms with Crippen molar-refractivity contribution >= 4 is 29.4 Å². The van der Waals surface area contributed by atoms with E-state index in [0.29, 0.717) is 16.5 Å². The molecule has 6 nitrogen and oxygen atoms in total. The maximum absolute atomic E-state index is 13.2. The van der Waals surface area contributed by atoms with Crippen LogP contribution in [0.1, 0.15) is 15.9 Å². The third-order valence-corrected chi connectivity index (χ3v) is 3.29. The molecule has 0 spiro atoms. The number of nitrogen functional groups attached to an aromatic ring is 2. The van der Waals surface area contributed by atoms with Crippen LogP contribution in [0.25, 0.3) is 0 Å². The fourth-order valence-electron chi connectivity index (χ4n) is 1.50. The first-order valence-electron chi connectivity index (χ1n) is 5.50. The summed E-state index contributed by atoms with van der Waals surface area (Å²) in [6, 6.07) is 5.34. The molecule has 0 aliphatic rings. The Morgan fingerprint density at radius 2 is 1.90 bits per heavy atom. The highest BCUT2D eigenvalue weighted by molar-refractivity contribution is 7.98. The van der Waals surface area contributed by atoms with Crippen LogP contribution >= 0.6 is 11.8 Å². The maximum Gasteiger partial charge on any atom is 0.338 e. The zero-order valence-corrected chi connectivity index (χ0v) is 11.0. The molecule has 104 valence electrons. The van der Waals surface area contributed by atoms with Gasteiger partial charge in [-0.25, -0.2) is 19.2 Å². The minimum atomic E-state index is -1.31. The molecule has 0 aliphatic carbocycles. The van der Waals surface area contributed by atoms with Crippen molar-refractivity contribution < 1.29 is 14.3 Å². The van der Waals surface area contributed by atoms with Gasteiger partial charge in [-0.1, -0.05) is 17.8 Å². The van der Waals surface area contributed by atoms with Crippen molar-refractivity contribution in [3.05, 3.63) is 41.2 Å². The molecule has 0 amide bonds. The molecule has 8 heteroatoms. The lowest BCUT2D eigenvalue weighted by Crippen LogP contribution is -2.02. The maximum atomic E-state index is 13.2. The molecule has 1 aromatic carbocycles. The Kier molecular flexibility index (Phi) is 4.04. The lowest BCUT2D eigenvalue weighted by Gasteiger charge is -2.04. The van der Waals surface area contributed by atoms with E-state index in [-0.39, 0.29) is 17.2 Å². The van der Waals surface area contributed by atoms with Crippen LogP contribution in [-0.4, -0.2) is 21.0 Å². The molecule has 0 saturated heterocycles. The van der Waals surface area contributed by atoms with Crippen molar-refractivity contribution in [1.82, 2.24) is 9.97 Å². The second-order valence-electron chi connectivity index (χ2n) is 3.91. The fourth-order valence-corrected chi connectivity index (χ4v) is 2.32. The average Bonchev–Trinajstić information content (AvgIpc) is 2.36. The summed E-state index contributed by atoms with van der Waals surface area (Å²) in [5, 5.41) is 9.22. The normalized spacial score (nSPS) is 10.4. The Labute approximate surface area is 118 Å². The SMILES string of the molecule is Nc1cc(N)nc(SCc2ccc(F)c(C(=O)O)c2)n1. The Hall–Kier alpha value is -2.35. The number of aromatic carboxylic acids is 1. The largest absolute Gasteiger partial charge is 0.478 e. The Balaban J connectivity index is 2.14. The van der Waals surface area contributed by atoms with Crippen molar-refractivity contribution in [2.24, 2.45) is 0 Å². The van der Waals surface area contributed by atoms with Gasteiger partial charge in [-0.05, 0) is 17.7 Å². The predicted octanol–water partition coefficient (Wildman–Crippen LogP) is 1.77. The van der Waals surface area contributed by atoms with Gasteiger partial charge in [-0.2, -0.15) is 0 Å². The number of rotatable bonds is 4. The van der Waals surface area contributed by atoms with Gasteiger partial charge in [0.25, 0.3) is 0 Å². The molecule has 0 fully saturated rings. The summed E-state index contributed by atoms with van der Waals surface area (Å²) in [5.74, 6) is -1.19. The summed E-state index contributed by atoms with van der Waals surface area (Å²) in [4.78, 5) is 18.8. The topological polar surface area (TPSA) is 115 Å². The number of thioether (sulfide) groups is 1.